The minimum Gasteiger partial charge on any atom is -0.480 e. The Balaban J connectivity index is 1.45. The number of halogens is 3. The monoisotopic (exact) mass is 574 g/mol. The number of rotatable bonds is 8. The van der Waals surface area contributed by atoms with Gasteiger partial charge in [-0.05, 0) is 54.2 Å². The zero-order valence-electron chi connectivity index (χ0n) is 21.7. The normalized spacial score (nSPS) is 17.2. The fourth-order valence-electron chi connectivity index (χ4n) is 4.88. The van der Waals surface area contributed by atoms with E-state index in [9.17, 15) is 36.3 Å². The summed E-state index contributed by atoms with van der Waals surface area (Å²) in [6.45, 7) is 1.59. The van der Waals surface area contributed by atoms with Crippen molar-refractivity contribution in [3.8, 4) is 11.1 Å². The largest absolute Gasteiger partial charge is 0.480 e. The van der Waals surface area contributed by atoms with Crippen LogP contribution >= 0.6 is 0 Å². The number of nitrogens with one attached hydrogen (secondary N) is 1. The second-order valence-electron chi connectivity index (χ2n) is 9.81. The van der Waals surface area contributed by atoms with Crippen molar-refractivity contribution in [2.45, 2.75) is 43.3 Å². The predicted octanol–water partition coefficient (Wildman–Crippen LogP) is 4.89. The van der Waals surface area contributed by atoms with Gasteiger partial charge >= 0.3 is 12.1 Å². The van der Waals surface area contributed by atoms with E-state index in [0.717, 1.165) is 33.1 Å². The van der Waals surface area contributed by atoms with Crippen molar-refractivity contribution in [1.29, 1.82) is 0 Å². The summed E-state index contributed by atoms with van der Waals surface area (Å²) in [6.07, 6.45) is -4.36. The molecular weight excluding hydrogens is 545 g/mol. The number of nitrogens with zero attached hydrogens (tertiary/aromatic N) is 1. The first-order valence-corrected chi connectivity index (χ1v) is 14.2. The van der Waals surface area contributed by atoms with Crippen LogP contribution in [0.1, 0.15) is 29.5 Å². The third-order valence-corrected chi connectivity index (χ3v) is 8.95. The molecule has 1 aliphatic heterocycles. The van der Waals surface area contributed by atoms with Crippen LogP contribution in [0.3, 0.4) is 0 Å². The van der Waals surface area contributed by atoms with E-state index in [4.69, 9.17) is 0 Å². The first kappa shape index (κ1) is 29.3. The Bertz CT molecular complexity index is 1490. The highest BCUT2D eigenvalue weighted by atomic mass is 32.2. The lowest BCUT2D eigenvalue weighted by molar-refractivity contribution is -0.142. The first-order valence-electron chi connectivity index (χ1n) is 12.7. The van der Waals surface area contributed by atoms with Crippen LogP contribution in [0.4, 0.5) is 13.2 Å². The van der Waals surface area contributed by atoms with Gasteiger partial charge in [-0.25, -0.2) is 13.2 Å². The summed E-state index contributed by atoms with van der Waals surface area (Å²) in [4.78, 5) is 24.1. The molecule has 3 aromatic carbocycles. The van der Waals surface area contributed by atoms with Crippen LogP contribution in [0.5, 0.6) is 0 Å². The fourth-order valence-corrected chi connectivity index (χ4v) is 6.62. The summed E-state index contributed by atoms with van der Waals surface area (Å²) in [7, 11) is -4.55. The van der Waals surface area contributed by atoms with Gasteiger partial charge in [-0.15, -0.1) is 0 Å². The van der Waals surface area contributed by atoms with Crippen molar-refractivity contribution in [2.24, 2.45) is 5.92 Å². The molecule has 11 heteroatoms. The van der Waals surface area contributed by atoms with E-state index in [2.05, 4.69) is 5.32 Å². The molecule has 2 atom stereocenters. The number of hydrogen-bond donors (Lipinski definition) is 2. The van der Waals surface area contributed by atoms with Gasteiger partial charge in [0.25, 0.3) is 0 Å². The van der Waals surface area contributed by atoms with E-state index in [1.807, 2.05) is 43.3 Å². The lowest BCUT2D eigenvalue weighted by Crippen LogP contribution is -2.50. The topological polar surface area (TPSA) is 104 Å². The number of amides is 1. The number of carbonyl (C=O) groups excluding carboxylic acids is 1. The predicted molar refractivity (Wildman–Crippen MR) is 143 cm³/mol. The maximum Gasteiger partial charge on any atom is 0.417 e. The first-order chi connectivity index (χ1) is 18.9. The maximum atomic E-state index is 13.5. The molecule has 7 nitrogen and oxygen atoms in total. The third-order valence-electron chi connectivity index (χ3n) is 7.03. The van der Waals surface area contributed by atoms with Crippen molar-refractivity contribution in [3.63, 3.8) is 0 Å². The van der Waals surface area contributed by atoms with E-state index in [1.165, 1.54) is 6.07 Å². The molecule has 4 rings (SSSR count). The molecule has 0 aliphatic carbocycles. The highest BCUT2D eigenvalue weighted by Gasteiger charge is 2.41. The van der Waals surface area contributed by atoms with Crippen molar-refractivity contribution in [3.05, 3.63) is 89.5 Å². The van der Waals surface area contributed by atoms with Gasteiger partial charge in [0.1, 0.15) is 6.04 Å². The molecule has 1 amide bonds. The molecule has 2 N–H and O–H groups in total. The van der Waals surface area contributed by atoms with Crippen molar-refractivity contribution in [1.82, 2.24) is 9.62 Å². The third kappa shape index (κ3) is 6.53. The Hall–Kier alpha value is -3.70. The average molecular weight is 575 g/mol. The van der Waals surface area contributed by atoms with E-state index < -0.39 is 50.5 Å². The second kappa shape index (κ2) is 11.8. The van der Waals surface area contributed by atoms with Gasteiger partial charge in [0.05, 0.1) is 16.4 Å². The number of aliphatic carboxylic acids is 1. The molecule has 1 fully saturated rings. The molecule has 0 aromatic heterocycles. The molecule has 0 bridgehead atoms. The number of benzene rings is 3. The molecule has 212 valence electrons. The van der Waals surface area contributed by atoms with E-state index in [1.54, 1.807) is 12.1 Å². The van der Waals surface area contributed by atoms with Crippen molar-refractivity contribution in [2.75, 3.05) is 13.1 Å². The lowest BCUT2D eigenvalue weighted by atomic mass is 9.96. The molecule has 40 heavy (non-hydrogen) atoms. The number of hydrogen-bond acceptors (Lipinski definition) is 4. The van der Waals surface area contributed by atoms with Gasteiger partial charge in [0, 0.05) is 19.5 Å². The highest BCUT2D eigenvalue weighted by Crippen LogP contribution is 2.36. The summed E-state index contributed by atoms with van der Waals surface area (Å²) < 4.78 is 67.6. The SMILES string of the molecule is Cc1ccccc1-c1ccc(C[C@H](NC(=O)C2CCCN(S(=O)(=O)c3ccccc3C(F)(F)F)C2)C(=O)O)cc1. The van der Waals surface area contributed by atoms with E-state index >= 15 is 0 Å². The van der Waals surface area contributed by atoms with Gasteiger partial charge in [0.15, 0.2) is 0 Å². The van der Waals surface area contributed by atoms with Crippen LogP contribution in [-0.4, -0.2) is 48.8 Å². The second-order valence-corrected chi connectivity index (χ2v) is 11.7. The van der Waals surface area contributed by atoms with Crippen LogP contribution in [0.2, 0.25) is 0 Å². The fraction of sp³-hybridized carbons (Fsp3) is 0.310. The summed E-state index contributed by atoms with van der Waals surface area (Å²) >= 11 is 0. The van der Waals surface area contributed by atoms with Crippen LogP contribution < -0.4 is 5.32 Å². The summed E-state index contributed by atoms with van der Waals surface area (Å²) in [5.74, 6) is -2.82. The standard InChI is InChI=1S/C29H29F3N2O5S/c1-19-7-2-3-9-23(19)21-14-12-20(13-15-21)17-25(28(36)37)33-27(35)22-8-6-16-34(18-22)40(38,39)26-11-5-4-10-24(26)29(30,31)32/h2-5,7,9-15,22,25H,6,8,16-18H2,1H3,(H,33,35)(H,36,37)/t22?,25-/m0/s1. The van der Waals surface area contributed by atoms with E-state index in [0.29, 0.717) is 11.6 Å². The molecule has 1 unspecified atom stereocenters. The molecule has 0 saturated carbocycles. The minimum atomic E-state index is -4.87. The average Bonchev–Trinajstić information content (AvgIpc) is 2.93. The van der Waals surface area contributed by atoms with Crippen LogP contribution in [0.25, 0.3) is 11.1 Å². The maximum absolute atomic E-state index is 13.5. The van der Waals surface area contributed by atoms with Gasteiger partial charge in [0.2, 0.25) is 15.9 Å². The van der Waals surface area contributed by atoms with Crippen LogP contribution in [0.15, 0.2) is 77.7 Å². The smallest absolute Gasteiger partial charge is 0.417 e. The van der Waals surface area contributed by atoms with Crippen LogP contribution in [0, 0.1) is 12.8 Å². The van der Waals surface area contributed by atoms with Gasteiger partial charge in [-0.3, -0.25) is 4.79 Å². The number of carbonyl (C=O) groups is 2. The molecule has 3 aromatic rings. The lowest BCUT2D eigenvalue weighted by Gasteiger charge is -2.32. The molecular formula is C29H29F3N2O5S. The Morgan fingerprint density at radius 1 is 1.02 bits per heavy atom. The molecule has 0 radical (unpaired) electrons. The Kier molecular flexibility index (Phi) is 8.65. The Labute approximate surface area is 230 Å². The quantitative estimate of drug-likeness (QED) is 0.399. The van der Waals surface area contributed by atoms with Gasteiger partial charge in [-0.1, -0.05) is 60.7 Å². The molecule has 0 spiro atoms. The van der Waals surface area contributed by atoms with Crippen molar-refractivity contribution >= 4 is 21.9 Å². The van der Waals surface area contributed by atoms with Crippen molar-refractivity contribution < 1.29 is 36.3 Å². The number of carboxylic acid groups (broad SMARTS) is 1. The summed E-state index contributed by atoms with van der Waals surface area (Å²) in [6, 6.07) is 17.8. The Morgan fingerprint density at radius 2 is 1.68 bits per heavy atom. The summed E-state index contributed by atoms with van der Waals surface area (Å²) in [5, 5.41) is 12.3. The van der Waals surface area contributed by atoms with Gasteiger partial charge < -0.3 is 10.4 Å². The number of aryl methyl sites for hydroxylation is 1. The number of carboxylic acids is 1. The van der Waals surface area contributed by atoms with Crippen LogP contribution in [-0.2, 0) is 32.2 Å². The molecule has 1 saturated heterocycles. The van der Waals surface area contributed by atoms with Gasteiger partial charge in [-0.2, -0.15) is 17.5 Å². The zero-order valence-corrected chi connectivity index (χ0v) is 22.5. The number of piperidine rings is 1. The number of sulfonamides is 1. The van der Waals surface area contributed by atoms with E-state index in [-0.39, 0.29) is 32.4 Å². The highest BCUT2D eigenvalue weighted by molar-refractivity contribution is 7.89. The summed E-state index contributed by atoms with van der Waals surface area (Å²) in [5.41, 5.74) is 2.51. The molecule has 1 heterocycles. The Morgan fingerprint density at radius 3 is 2.33 bits per heavy atom. The molecule has 1 aliphatic rings. The zero-order chi connectivity index (χ0) is 29.1. The minimum absolute atomic E-state index is 0.00279. The number of alkyl halides is 3.